The fourth-order valence-electron chi connectivity index (χ4n) is 1.69. The minimum atomic E-state index is -4.22. The number of nitrogens with zero attached hydrogens (tertiary/aromatic N) is 2. The van der Waals surface area contributed by atoms with E-state index in [0.717, 1.165) is 0 Å². The molecule has 0 aliphatic carbocycles. The van der Waals surface area contributed by atoms with Crippen LogP contribution >= 0.6 is 11.6 Å². The molecule has 0 aromatic heterocycles. The largest absolute Gasteiger partial charge is 0.408 e. The van der Waals surface area contributed by atoms with Gasteiger partial charge in [-0.2, -0.15) is 13.2 Å². The zero-order chi connectivity index (χ0) is 11.1. The summed E-state index contributed by atoms with van der Waals surface area (Å²) < 4.78 is 37.9. The van der Waals surface area contributed by atoms with Gasteiger partial charge < -0.3 is 10.2 Å². The maximum absolute atomic E-state index is 12.6. The Morgan fingerprint density at radius 2 is 2.27 bits per heavy atom. The molecule has 7 heteroatoms. The summed E-state index contributed by atoms with van der Waals surface area (Å²) >= 11 is 5.66. The maximum Gasteiger partial charge on any atom is 0.408 e. The number of nitrogens with one attached hydrogen (secondary N) is 1. The van der Waals surface area contributed by atoms with E-state index in [-0.39, 0.29) is 25.5 Å². The molecule has 0 bridgehead atoms. The van der Waals surface area contributed by atoms with Crippen LogP contribution in [0.4, 0.5) is 13.2 Å². The quantitative estimate of drug-likeness (QED) is 0.651. The van der Waals surface area contributed by atoms with E-state index in [4.69, 9.17) is 11.6 Å². The predicted molar refractivity (Wildman–Crippen MR) is 50.5 cm³/mol. The van der Waals surface area contributed by atoms with Gasteiger partial charge in [0.1, 0.15) is 11.2 Å². The molecule has 0 radical (unpaired) electrons. The highest BCUT2D eigenvalue weighted by molar-refractivity contribution is 6.30. The van der Waals surface area contributed by atoms with Crippen molar-refractivity contribution in [1.82, 2.24) is 10.2 Å². The zero-order valence-electron chi connectivity index (χ0n) is 7.68. The van der Waals surface area contributed by atoms with E-state index >= 15 is 0 Å². The maximum atomic E-state index is 12.6. The number of hydrogen-bond acceptors (Lipinski definition) is 3. The van der Waals surface area contributed by atoms with Crippen molar-refractivity contribution >= 4 is 17.6 Å². The number of guanidine groups is 1. The molecule has 0 fully saturated rings. The SMILES string of the molecule is FC(F)(F)[C@H]1CCN=C2NC(Cl)=CCN21. The predicted octanol–water partition coefficient (Wildman–Crippen LogP) is 1.66. The molecule has 0 saturated heterocycles. The Labute approximate surface area is 89.6 Å². The van der Waals surface area contributed by atoms with Crippen molar-refractivity contribution in [3.8, 4) is 0 Å². The van der Waals surface area contributed by atoms with E-state index in [2.05, 4.69) is 10.3 Å². The average Bonchev–Trinajstić information content (AvgIpc) is 2.15. The second kappa shape index (κ2) is 3.59. The van der Waals surface area contributed by atoms with Crippen LogP contribution in [0.3, 0.4) is 0 Å². The van der Waals surface area contributed by atoms with Gasteiger partial charge in [-0.05, 0) is 12.5 Å². The first-order valence-electron chi connectivity index (χ1n) is 4.49. The number of alkyl halides is 3. The van der Waals surface area contributed by atoms with Gasteiger partial charge in [0.15, 0.2) is 5.96 Å². The lowest BCUT2D eigenvalue weighted by atomic mass is 10.1. The highest BCUT2D eigenvalue weighted by Crippen LogP contribution is 2.30. The van der Waals surface area contributed by atoms with Crippen LogP contribution in [0.1, 0.15) is 6.42 Å². The van der Waals surface area contributed by atoms with Crippen molar-refractivity contribution in [1.29, 1.82) is 0 Å². The molecule has 2 aliphatic heterocycles. The van der Waals surface area contributed by atoms with Gasteiger partial charge in [0, 0.05) is 13.1 Å². The summed E-state index contributed by atoms with van der Waals surface area (Å²) in [5.74, 6) is 0.219. The molecule has 2 aliphatic rings. The van der Waals surface area contributed by atoms with Gasteiger partial charge in [-0.25, -0.2) is 0 Å². The third kappa shape index (κ3) is 2.04. The van der Waals surface area contributed by atoms with Gasteiger partial charge in [-0.3, -0.25) is 4.99 Å². The normalized spacial score (nSPS) is 26.4. The summed E-state index contributed by atoms with van der Waals surface area (Å²) in [4.78, 5) is 5.16. The molecule has 3 nitrogen and oxygen atoms in total. The Bertz CT molecular complexity index is 324. The van der Waals surface area contributed by atoms with Gasteiger partial charge in [-0.15, -0.1) is 0 Å². The number of rotatable bonds is 0. The topological polar surface area (TPSA) is 27.6 Å². The molecular weight excluding hydrogens is 231 g/mol. The van der Waals surface area contributed by atoms with Crippen LogP contribution in [0.25, 0.3) is 0 Å². The second-order valence-corrected chi connectivity index (χ2v) is 3.79. The number of halogens is 4. The first-order valence-corrected chi connectivity index (χ1v) is 4.87. The first-order chi connectivity index (χ1) is 6.98. The molecule has 15 heavy (non-hydrogen) atoms. The lowest BCUT2D eigenvalue weighted by molar-refractivity contribution is -0.175. The lowest BCUT2D eigenvalue weighted by Crippen LogP contribution is -2.57. The van der Waals surface area contributed by atoms with Crippen LogP contribution < -0.4 is 5.32 Å². The van der Waals surface area contributed by atoms with Gasteiger partial charge in [0.2, 0.25) is 0 Å². The summed E-state index contributed by atoms with van der Waals surface area (Å²) in [5.41, 5.74) is 0. The molecule has 0 saturated carbocycles. The van der Waals surface area contributed by atoms with Gasteiger partial charge >= 0.3 is 6.18 Å². The number of aliphatic imine (C=N–C) groups is 1. The molecule has 1 N–H and O–H groups in total. The number of hydrogen-bond donors (Lipinski definition) is 1. The fraction of sp³-hybridized carbons (Fsp3) is 0.625. The fourth-order valence-corrected chi connectivity index (χ4v) is 1.84. The van der Waals surface area contributed by atoms with Crippen molar-refractivity contribution in [3.63, 3.8) is 0 Å². The third-order valence-electron chi connectivity index (χ3n) is 2.39. The van der Waals surface area contributed by atoms with Gasteiger partial charge in [0.25, 0.3) is 0 Å². The first kappa shape index (κ1) is 10.6. The number of fused-ring (bicyclic) bond motifs is 1. The molecule has 0 spiro atoms. The molecule has 2 rings (SSSR count). The van der Waals surface area contributed by atoms with Crippen LogP contribution in [0.15, 0.2) is 16.2 Å². The molecule has 0 amide bonds. The van der Waals surface area contributed by atoms with E-state index < -0.39 is 12.2 Å². The van der Waals surface area contributed by atoms with Crippen LogP contribution in [-0.4, -0.2) is 36.2 Å². The van der Waals surface area contributed by atoms with Gasteiger partial charge in [0.05, 0.1) is 0 Å². The van der Waals surface area contributed by atoms with Crippen LogP contribution in [0, 0.1) is 0 Å². The smallest absolute Gasteiger partial charge is 0.327 e. The molecule has 84 valence electrons. The third-order valence-corrected chi connectivity index (χ3v) is 2.64. The van der Waals surface area contributed by atoms with Crippen molar-refractivity contribution in [2.75, 3.05) is 13.1 Å². The summed E-state index contributed by atoms with van der Waals surface area (Å²) in [5, 5.41) is 2.95. The summed E-state index contributed by atoms with van der Waals surface area (Å²) in [6.45, 7) is 0.321. The van der Waals surface area contributed by atoms with Gasteiger partial charge in [-0.1, -0.05) is 11.6 Å². The van der Waals surface area contributed by atoms with Crippen LogP contribution in [-0.2, 0) is 0 Å². The van der Waals surface area contributed by atoms with Crippen molar-refractivity contribution < 1.29 is 13.2 Å². The summed E-state index contributed by atoms with van der Waals surface area (Å²) in [7, 11) is 0. The van der Waals surface area contributed by atoms with E-state index in [9.17, 15) is 13.2 Å². The average molecular weight is 240 g/mol. The lowest BCUT2D eigenvalue weighted by Gasteiger charge is -2.39. The zero-order valence-corrected chi connectivity index (χ0v) is 8.44. The minimum absolute atomic E-state index is 0.000138. The Morgan fingerprint density at radius 1 is 1.53 bits per heavy atom. The van der Waals surface area contributed by atoms with E-state index in [1.165, 1.54) is 11.0 Å². The summed E-state index contributed by atoms with van der Waals surface area (Å²) in [6.07, 6.45) is -2.72. The van der Waals surface area contributed by atoms with E-state index in [1.807, 2.05) is 0 Å². The molecule has 0 aromatic rings. The minimum Gasteiger partial charge on any atom is -0.327 e. The van der Waals surface area contributed by atoms with Crippen molar-refractivity contribution in [3.05, 3.63) is 11.2 Å². The standard InChI is InChI=1S/C8H9ClF3N3/c9-6-2-4-15-5(8(10,11)12)1-3-13-7(15)14-6/h2,5H,1,3-4H2,(H,13,14)/t5-/m1/s1. The van der Waals surface area contributed by atoms with Crippen molar-refractivity contribution in [2.45, 2.75) is 18.6 Å². The second-order valence-electron chi connectivity index (χ2n) is 3.38. The molecule has 2 heterocycles. The molecule has 0 unspecified atom stereocenters. The molecular formula is C8H9ClF3N3. The Morgan fingerprint density at radius 3 is 2.93 bits per heavy atom. The highest BCUT2D eigenvalue weighted by Gasteiger charge is 2.46. The Hall–Kier alpha value is -0.910. The monoisotopic (exact) mass is 239 g/mol. The summed E-state index contributed by atoms with van der Waals surface area (Å²) in [6, 6.07) is -1.46. The van der Waals surface area contributed by atoms with Crippen LogP contribution in [0.2, 0.25) is 0 Å². The van der Waals surface area contributed by atoms with Crippen molar-refractivity contribution in [2.24, 2.45) is 4.99 Å². The van der Waals surface area contributed by atoms with E-state index in [0.29, 0.717) is 5.16 Å². The highest BCUT2D eigenvalue weighted by atomic mass is 35.5. The van der Waals surface area contributed by atoms with E-state index in [1.54, 1.807) is 0 Å². The Kier molecular flexibility index (Phi) is 2.54. The van der Waals surface area contributed by atoms with Crippen LogP contribution in [0.5, 0.6) is 0 Å². The molecule has 1 atom stereocenters. The molecule has 0 aromatic carbocycles. The Balaban J connectivity index is 2.23.